The number of carbonyl (C=O) groups is 1. The number of carbonyl (C=O) groups excluding carboxylic acids is 1. The molecule has 0 N–H and O–H groups in total. The molecule has 0 unspecified atom stereocenters. The third-order valence-corrected chi connectivity index (χ3v) is 5.13. The molecule has 0 saturated carbocycles. The van der Waals surface area contributed by atoms with Crippen LogP contribution in [0.25, 0.3) is 16.2 Å². The van der Waals surface area contributed by atoms with Crippen LogP contribution in [0, 0.1) is 0 Å². The minimum Gasteiger partial charge on any atom is -0.450 e. The molecular weight excluding hydrogens is 390 g/mol. The Morgan fingerprint density at radius 1 is 1.33 bits per heavy atom. The number of nitrogens with zero attached hydrogens (tertiary/aromatic N) is 3. The lowest BCUT2D eigenvalue weighted by molar-refractivity contribution is 0.103. The average Bonchev–Trinajstić information content (AvgIpc) is 3.13. The molecule has 1 aliphatic heterocycles. The highest BCUT2D eigenvalue weighted by molar-refractivity contribution is 8.93. The van der Waals surface area contributed by atoms with E-state index in [4.69, 9.17) is 9.72 Å². The molecule has 3 heterocycles. The Morgan fingerprint density at radius 3 is 2.88 bits per heavy atom. The van der Waals surface area contributed by atoms with E-state index in [1.807, 2.05) is 25.1 Å². The molecule has 0 spiro atoms. The van der Waals surface area contributed by atoms with Gasteiger partial charge in [-0.05, 0) is 6.92 Å². The van der Waals surface area contributed by atoms with E-state index >= 15 is 0 Å². The van der Waals surface area contributed by atoms with E-state index in [-0.39, 0.29) is 23.1 Å². The maximum absolute atomic E-state index is 11.9. The summed E-state index contributed by atoms with van der Waals surface area (Å²) in [5.74, 6) is 0. The summed E-state index contributed by atoms with van der Waals surface area (Å²) in [5.41, 5.74) is 3.38. The monoisotopic (exact) mass is 407 g/mol. The topological polar surface area (TPSA) is 46.8 Å². The number of hydrogen-bond acceptors (Lipinski definition) is 4. The van der Waals surface area contributed by atoms with Crippen LogP contribution in [0.5, 0.6) is 0 Å². The summed E-state index contributed by atoms with van der Waals surface area (Å²) >= 11 is 1.66. The second-order valence-electron chi connectivity index (χ2n) is 5.49. The van der Waals surface area contributed by atoms with E-state index < -0.39 is 0 Å². The van der Waals surface area contributed by atoms with Gasteiger partial charge in [-0.2, -0.15) is 0 Å². The lowest BCUT2D eigenvalue weighted by Gasteiger charge is -2.25. The zero-order valence-corrected chi connectivity index (χ0v) is 15.8. The zero-order chi connectivity index (χ0) is 15.8. The van der Waals surface area contributed by atoms with Gasteiger partial charge in [-0.3, -0.25) is 4.40 Å². The van der Waals surface area contributed by atoms with Crippen LogP contribution >= 0.6 is 28.3 Å². The average molecular weight is 408 g/mol. The lowest BCUT2D eigenvalue weighted by Crippen LogP contribution is -2.36. The molecule has 0 aliphatic carbocycles. The Morgan fingerprint density at radius 2 is 2.12 bits per heavy atom. The van der Waals surface area contributed by atoms with Gasteiger partial charge in [0.05, 0.1) is 18.8 Å². The fraction of sp³-hybridized carbons (Fsp3) is 0.294. The van der Waals surface area contributed by atoms with Gasteiger partial charge in [0, 0.05) is 35.3 Å². The second kappa shape index (κ2) is 6.94. The summed E-state index contributed by atoms with van der Waals surface area (Å²) in [6.45, 7) is 3.55. The van der Waals surface area contributed by atoms with Crippen LogP contribution < -0.4 is 0 Å². The summed E-state index contributed by atoms with van der Waals surface area (Å²) in [6.07, 6.45) is 2.70. The van der Waals surface area contributed by atoms with Gasteiger partial charge in [0.15, 0.2) is 4.96 Å². The molecule has 5 nitrogen and oxygen atoms in total. The lowest BCUT2D eigenvalue weighted by atomic mass is 10.1. The van der Waals surface area contributed by atoms with Gasteiger partial charge >= 0.3 is 6.09 Å². The van der Waals surface area contributed by atoms with Crippen LogP contribution in [0.2, 0.25) is 0 Å². The molecule has 4 rings (SSSR count). The number of rotatable bonds is 2. The molecule has 1 aromatic carbocycles. The summed E-state index contributed by atoms with van der Waals surface area (Å²) in [5, 5.41) is 0. The molecule has 3 aromatic rings. The first-order valence-corrected chi connectivity index (χ1v) is 8.54. The van der Waals surface area contributed by atoms with E-state index in [1.165, 1.54) is 10.6 Å². The predicted molar refractivity (Wildman–Crippen MR) is 100.0 cm³/mol. The molecule has 1 aliphatic rings. The van der Waals surface area contributed by atoms with Crippen LogP contribution in [0.15, 0.2) is 36.5 Å². The largest absolute Gasteiger partial charge is 0.450 e. The van der Waals surface area contributed by atoms with Crippen molar-refractivity contribution in [3.8, 4) is 11.3 Å². The molecular formula is C17H18BrN3O2S. The number of halogens is 1. The van der Waals surface area contributed by atoms with E-state index in [1.54, 1.807) is 16.2 Å². The molecule has 0 fully saturated rings. The maximum Gasteiger partial charge on any atom is 0.410 e. The third-order valence-electron chi connectivity index (χ3n) is 4.05. The molecule has 2 aromatic heterocycles. The molecule has 0 bridgehead atoms. The van der Waals surface area contributed by atoms with Crippen molar-refractivity contribution in [1.29, 1.82) is 0 Å². The first kappa shape index (κ1) is 17.0. The highest BCUT2D eigenvalue weighted by Gasteiger charge is 2.26. The Hall–Kier alpha value is -1.86. The molecule has 0 saturated heterocycles. The third kappa shape index (κ3) is 2.93. The number of ether oxygens (including phenoxy) is 1. The first-order valence-electron chi connectivity index (χ1n) is 7.73. The van der Waals surface area contributed by atoms with Crippen LogP contribution in [0.3, 0.4) is 0 Å². The Bertz CT molecular complexity index is 859. The van der Waals surface area contributed by atoms with Crippen LogP contribution in [0.1, 0.15) is 17.5 Å². The van der Waals surface area contributed by atoms with Crippen molar-refractivity contribution in [2.45, 2.75) is 19.9 Å². The highest BCUT2D eigenvalue weighted by Crippen LogP contribution is 2.31. The van der Waals surface area contributed by atoms with Crippen LogP contribution in [0.4, 0.5) is 4.79 Å². The normalized spacial score (nSPS) is 13.5. The van der Waals surface area contributed by atoms with E-state index in [0.29, 0.717) is 19.7 Å². The molecule has 1 amide bonds. The summed E-state index contributed by atoms with van der Waals surface area (Å²) in [7, 11) is 0. The van der Waals surface area contributed by atoms with E-state index in [0.717, 1.165) is 22.6 Å². The van der Waals surface area contributed by atoms with Gasteiger partial charge in [-0.15, -0.1) is 17.0 Å². The van der Waals surface area contributed by atoms with Crippen LogP contribution in [-0.2, 0) is 17.7 Å². The number of imidazole rings is 1. The molecule has 24 heavy (non-hydrogen) atoms. The van der Waals surface area contributed by atoms with Crippen molar-refractivity contribution >= 4 is 39.4 Å². The molecule has 126 valence electrons. The van der Waals surface area contributed by atoms with Gasteiger partial charge in [0.1, 0.15) is 0 Å². The summed E-state index contributed by atoms with van der Waals surface area (Å²) in [4.78, 5) is 20.6. The number of amides is 1. The van der Waals surface area contributed by atoms with Gasteiger partial charge in [-0.1, -0.05) is 41.7 Å². The second-order valence-corrected chi connectivity index (χ2v) is 6.55. The van der Waals surface area contributed by atoms with Crippen molar-refractivity contribution in [2.75, 3.05) is 13.2 Å². The predicted octanol–water partition coefficient (Wildman–Crippen LogP) is 4.16. The van der Waals surface area contributed by atoms with Gasteiger partial charge < -0.3 is 9.64 Å². The summed E-state index contributed by atoms with van der Waals surface area (Å²) in [6, 6.07) is 10.2. The standard InChI is InChI=1S/C17H17N3O2S.BrH/c1-2-22-17(21)19-9-8-14-15(11-19)23-16-18-13(10-20(14)16)12-6-4-3-5-7-12;/h3-7,10H,2,8-9,11H2,1H3;1H. The SMILES string of the molecule is Br.CCOC(=O)N1CCc2c(sc3nc(-c4ccccc4)cn23)C1. The summed E-state index contributed by atoms with van der Waals surface area (Å²) < 4.78 is 7.27. The first-order chi connectivity index (χ1) is 11.3. The van der Waals surface area contributed by atoms with Gasteiger partial charge in [0.2, 0.25) is 0 Å². The number of hydrogen-bond donors (Lipinski definition) is 0. The van der Waals surface area contributed by atoms with Gasteiger partial charge in [-0.25, -0.2) is 9.78 Å². The highest BCUT2D eigenvalue weighted by atomic mass is 79.9. The van der Waals surface area contributed by atoms with Crippen molar-refractivity contribution in [3.63, 3.8) is 0 Å². The number of benzene rings is 1. The fourth-order valence-corrected chi connectivity index (χ4v) is 4.09. The Labute approximate surface area is 154 Å². The van der Waals surface area contributed by atoms with Gasteiger partial charge in [0.25, 0.3) is 0 Å². The Kier molecular flexibility index (Phi) is 4.91. The maximum atomic E-state index is 11.9. The molecule has 0 radical (unpaired) electrons. The van der Waals surface area contributed by atoms with Crippen molar-refractivity contribution < 1.29 is 9.53 Å². The number of thiazole rings is 1. The molecule has 7 heteroatoms. The minimum atomic E-state index is -0.228. The zero-order valence-electron chi connectivity index (χ0n) is 13.3. The quantitative estimate of drug-likeness (QED) is 0.640. The Balaban J connectivity index is 0.00000169. The van der Waals surface area contributed by atoms with Crippen LogP contribution in [-0.4, -0.2) is 33.5 Å². The minimum absolute atomic E-state index is 0. The molecule has 0 atom stereocenters. The van der Waals surface area contributed by atoms with E-state index in [2.05, 4.69) is 22.7 Å². The van der Waals surface area contributed by atoms with Crippen molar-refractivity contribution in [2.24, 2.45) is 0 Å². The van der Waals surface area contributed by atoms with E-state index in [9.17, 15) is 4.79 Å². The van der Waals surface area contributed by atoms with Crippen molar-refractivity contribution in [1.82, 2.24) is 14.3 Å². The number of aromatic nitrogens is 2. The fourth-order valence-electron chi connectivity index (χ4n) is 2.93. The number of fused-ring (bicyclic) bond motifs is 3. The smallest absolute Gasteiger partial charge is 0.410 e. The van der Waals surface area contributed by atoms with Crippen molar-refractivity contribution in [3.05, 3.63) is 47.1 Å².